The molecule has 0 spiro atoms. The van der Waals surface area contributed by atoms with E-state index in [1.165, 1.54) is 18.2 Å². The summed E-state index contributed by atoms with van der Waals surface area (Å²) in [5.41, 5.74) is 0. The van der Waals surface area contributed by atoms with Gasteiger partial charge in [-0.2, -0.15) is 0 Å². The molecule has 0 aliphatic carbocycles. The van der Waals surface area contributed by atoms with Gasteiger partial charge in [-0.25, -0.2) is 14.4 Å². The second-order valence-electron chi connectivity index (χ2n) is 3.15. The third kappa shape index (κ3) is 3.28. The lowest BCUT2D eigenvalue weighted by atomic mass is 10.3. The molecular formula is C11H7Cl2FN2O. The number of halogens is 3. The van der Waals surface area contributed by atoms with Crippen LogP contribution in [-0.4, -0.2) is 9.97 Å². The molecule has 0 N–H and O–H groups in total. The molecule has 0 amide bonds. The van der Waals surface area contributed by atoms with E-state index in [9.17, 15) is 4.39 Å². The molecule has 88 valence electrons. The Hall–Kier alpha value is -1.39. The summed E-state index contributed by atoms with van der Waals surface area (Å²) in [6.45, 7) is 0.00120. The van der Waals surface area contributed by atoms with Crippen LogP contribution < -0.4 is 4.74 Å². The molecule has 1 heterocycles. The fraction of sp³-hybridized carbons (Fsp3) is 0.0909. The third-order valence-corrected chi connectivity index (χ3v) is 2.29. The number of nitrogens with zero attached hydrogens (tertiary/aromatic N) is 2. The van der Waals surface area contributed by atoms with Crippen LogP contribution in [0.2, 0.25) is 10.3 Å². The standard InChI is InChI=1S/C11H7Cl2FN2O/c12-9-5-10(13)16-11(15-9)6-17-8-4-2-1-3-7(8)14/h1-5H,6H2. The highest BCUT2D eigenvalue weighted by molar-refractivity contribution is 6.33. The van der Waals surface area contributed by atoms with Gasteiger partial charge in [-0.3, -0.25) is 0 Å². The molecule has 0 fully saturated rings. The first-order chi connectivity index (χ1) is 8.15. The first-order valence-electron chi connectivity index (χ1n) is 4.71. The summed E-state index contributed by atoms with van der Waals surface area (Å²) in [6, 6.07) is 7.48. The van der Waals surface area contributed by atoms with Crippen LogP contribution in [0.5, 0.6) is 5.75 Å². The third-order valence-electron chi connectivity index (χ3n) is 1.90. The zero-order chi connectivity index (χ0) is 12.3. The lowest BCUT2D eigenvalue weighted by molar-refractivity contribution is 0.281. The number of para-hydroxylation sites is 1. The molecule has 1 aromatic heterocycles. The van der Waals surface area contributed by atoms with Crippen molar-refractivity contribution >= 4 is 23.2 Å². The van der Waals surface area contributed by atoms with Gasteiger partial charge in [0.2, 0.25) is 0 Å². The van der Waals surface area contributed by atoms with E-state index >= 15 is 0 Å². The van der Waals surface area contributed by atoms with Gasteiger partial charge in [-0.15, -0.1) is 0 Å². The molecule has 0 saturated carbocycles. The molecule has 0 radical (unpaired) electrons. The molecule has 0 bridgehead atoms. The lowest BCUT2D eigenvalue weighted by Crippen LogP contribution is -2.02. The normalized spacial score (nSPS) is 10.3. The highest BCUT2D eigenvalue weighted by Crippen LogP contribution is 2.17. The van der Waals surface area contributed by atoms with Crippen molar-refractivity contribution in [1.29, 1.82) is 0 Å². The van der Waals surface area contributed by atoms with Gasteiger partial charge in [-0.1, -0.05) is 35.3 Å². The molecule has 0 saturated heterocycles. The molecule has 1 aromatic carbocycles. The highest BCUT2D eigenvalue weighted by Gasteiger charge is 2.05. The van der Waals surface area contributed by atoms with Crippen LogP contribution in [0.15, 0.2) is 30.3 Å². The van der Waals surface area contributed by atoms with Crippen molar-refractivity contribution in [2.45, 2.75) is 6.61 Å². The molecule has 2 rings (SSSR count). The SMILES string of the molecule is Fc1ccccc1OCc1nc(Cl)cc(Cl)n1. The summed E-state index contributed by atoms with van der Waals surface area (Å²) in [5.74, 6) is -0.0152. The van der Waals surface area contributed by atoms with Crippen molar-refractivity contribution in [3.05, 3.63) is 52.3 Å². The van der Waals surface area contributed by atoms with Crippen LogP contribution in [0.25, 0.3) is 0 Å². The van der Waals surface area contributed by atoms with E-state index in [1.807, 2.05) is 0 Å². The van der Waals surface area contributed by atoms with Crippen LogP contribution >= 0.6 is 23.2 Å². The number of hydrogen-bond donors (Lipinski definition) is 0. The smallest absolute Gasteiger partial charge is 0.169 e. The van der Waals surface area contributed by atoms with Crippen molar-refractivity contribution in [2.24, 2.45) is 0 Å². The summed E-state index contributed by atoms with van der Waals surface area (Å²) >= 11 is 11.4. The average Bonchev–Trinajstić information content (AvgIpc) is 2.27. The highest BCUT2D eigenvalue weighted by atomic mass is 35.5. The van der Waals surface area contributed by atoms with Crippen molar-refractivity contribution in [3.8, 4) is 5.75 Å². The Bertz CT molecular complexity index is 516. The largest absolute Gasteiger partial charge is 0.483 e. The Balaban J connectivity index is 2.10. The van der Waals surface area contributed by atoms with Crippen molar-refractivity contribution < 1.29 is 9.13 Å². The Labute approximate surface area is 107 Å². The van der Waals surface area contributed by atoms with Gasteiger partial charge < -0.3 is 4.74 Å². The second kappa shape index (κ2) is 5.29. The predicted octanol–water partition coefficient (Wildman–Crippen LogP) is 3.50. The van der Waals surface area contributed by atoms with E-state index in [2.05, 4.69) is 9.97 Å². The van der Waals surface area contributed by atoms with Crippen LogP contribution in [0.4, 0.5) is 4.39 Å². The summed E-state index contributed by atoms with van der Waals surface area (Å²) in [4.78, 5) is 7.80. The lowest BCUT2D eigenvalue weighted by Gasteiger charge is -2.06. The molecular weight excluding hydrogens is 266 g/mol. The van der Waals surface area contributed by atoms with E-state index in [0.717, 1.165) is 0 Å². The summed E-state index contributed by atoms with van der Waals surface area (Å²) < 4.78 is 18.4. The minimum Gasteiger partial charge on any atom is -0.483 e. The van der Waals surface area contributed by atoms with Crippen molar-refractivity contribution in [3.63, 3.8) is 0 Å². The van der Waals surface area contributed by atoms with E-state index in [1.54, 1.807) is 12.1 Å². The first-order valence-corrected chi connectivity index (χ1v) is 5.47. The van der Waals surface area contributed by atoms with Gasteiger partial charge in [0.05, 0.1) is 0 Å². The van der Waals surface area contributed by atoms with E-state index in [0.29, 0.717) is 5.82 Å². The van der Waals surface area contributed by atoms with Crippen molar-refractivity contribution in [1.82, 2.24) is 9.97 Å². The second-order valence-corrected chi connectivity index (χ2v) is 3.92. The van der Waals surface area contributed by atoms with E-state index < -0.39 is 5.82 Å². The van der Waals surface area contributed by atoms with Crippen LogP contribution in [0.1, 0.15) is 5.82 Å². The van der Waals surface area contributed by atoms with Gasteiger partial charge in [0, 0.05) is 6.07 Å². The average molecular weight is 273 g/mol. The van der Waals surface area contributed by atoms with Gasteiger partial charge >= 0.3 is 0 Å². The molecule has 3 nitrogen and oxygen atoms in total. The first kappa shape index (κ1) is 12.1. The number of ether oxygens (including phenoxy) is 1. The Morgan fingerprint density at radius 3 is 2.41 bits per heavy atom. The molecule has 0 unspecified atom stereocenters. The Morgan fingerprint density at radius 2 is 1.76 bits per heavy atom. The maximum Gasteiger partial charge on any atom is 0.169 e. The summed E-state index contributed by atoms with van der Waals surface area (Å²) in [5, 5.41) is 0.439. The molecule has 0 aliphatic heterocycles. The minimum absolute atomic E-state index is 0.00120. The number of benzene rings is 1. The summed E-state index contributed by atoms with van der Waals surface area (Å²) in [7, 11) is 0. The van der Waals surface area contributed by atoms with Gasteiger partial charge in [0.15, 0.2) is 17.4 Å². The van der Waals surface area contributed by atoms with Gasteiger partial charge in [0.1, 0.15) is 16.9 Å². The predicted molar refractivity (Wildman–Crippen MR) is 62.8 cm³/mol. The molecule has 0 atom stereocenters. The molecule has 2 aromatic rings. The zero-order valence-corrected chi connectivity index (χ0v) is 10.0. The fourth-order valence-electron chi connectivity index (χ4n) is 1.20. The maximum atomic E-state index is 13.2. The maximum absolute atomic E-state index is 13.2. The zero-order valence-electron chi connectivity index (χ0n) is 8.53. The number of rotatable bonds is 3. The van der Waals surface area contributed by atoms with Crippen LogP contribution in [0, 0.1) is 5.82 Å². The van der Waals surface area contributed by atoms with Gasteiger partial charge in [-0.05, 0) is 12.1 Å². The van der Waals surface area contributed by atoms with E-state index in [4.69, 9.17) is 27.9 Å². The van der Waals surface area contributed by atoms with E-state index in [-0.39, 0.29) is 22.7 Å². The topological polar surface area (TPSA) is 35.0 Å². The molecule has 6 heteroatoms. The minimum atomic E-state index is -0.444. The number of aromatic nitrogens is 2. The monoisotopic (exact) mass is 272 g/mol. The van der Waals surface area contributed by atoms with Crippen LogP contribution in [0.3, 0.4) is 0 Å². The van der Waals surface area contributed by atoms with Gasteiger partial charge in [0.25, 0.3) is 0 Å². The fourth-order valence-corrected chi connectivity index (χ4v) is 1.66. The van der Waals surface area contributed by atoms with Crippen molar-refractivity contribution in [2.75, 3.05) is 0 Å². The molecule has 17 heavy (non-hydrogen) atoms. The molecule has 0 aliphatic rings. The van der Waals surface area contributed by atoms with Crippen LogP contribution in [-0.2, 0) is 6.61 Å². The summed E-state index contributed by atoms with van der Waals surface area (Å²) in [6.07, 6.45) is 0. The Kier molecular flexibility index (Phi) is 3.76. The quantitative estimate of drug-likeness (QED) is 0.803. The Morgan fingerprint density at radius 1 is 1.12 bits per heavy atom. The number of hydrogen-bond acceptors (Lipinski definition) is 3.